The Hall–Kier alpha value is -2.54. The minimum atomic E-state index is -3.68. The lowest BCUT2D eigenvalue weighted by atomic mass is 10.1. The monoisotopic (exact) mass is 404 g/mol. The third kappa shape index (κ3) is 5.25. The second-order valence-electron chi connectivity index (χ2n) is 6.72. The maximum atomic E-state index is 13.0. The molecule has 2 aromatic rings. The van der Waals surface area contributed by atoms with E-state index in [0.29, 0.717) is 30.2 Å². The van der Waals surface area contributed by atoms with Crippen LogP contribution in [0.1, 0.15) is 31.4 Å². The van der Waals surface area contributed by atoms with Crippen molar-refractivity contribution in [3.05, 3.63) is 53.6 Å². The molecule has 1 unspecified atom stereocenters. The second-order valence-corrected chi connectivity index (χ2v) is 8.58. The van der Waals surface area contributed by atoms with E-state index in [2.05, 4.69) is 5.32 Å². The lowest BCUT2D eigenvalue weighted by Crippen LogP contribution is -2.47. The van der Waals surface area contributed by atoms with Crippen LogP contribution in [0.4, 0.5) is 11.4 Å². The molecule has 0 heterocycles. The van der Waals surface area contributed by atoms with Crippen molar-refractivity contribution < 1.29 is 17.9 Å². The number of carbonyl (C=O) groups is 1. The van der Waals surface area contributed by atoms with Crippen LogP contribution in [-0.4, -0.2) is 33.2 Å². The molecule has 0 saturated carbocycles. The van der Waals surface area contributed by atoms with Crippen LogP contribution in [0.25, 0.3) is 0 Å². The predicted molar refractivity (Wildman–Crippen MR) is 114 cm³/mol. The van der Waals surface area contributed by atoms with Crippen molar-refractivity contribution in [1.29, 1.82) is 0 Å². The summed E-state index contributed by atoms with van der Waals surface area (Å²) < 4.78 is 31.7. The summed E-state index contributed by atoms with van der Waals surface area (Å²) in [5, 5.41) is 2.89. The van der Waals surface area contributed by atoms with Gasteiger partial charge < -0.3 is 10.1 Å². The summed E-state index contributed by atoms with van der Waals surface area (Å²) in [6.07, 6.45) is 1.44. The number of nitrogens with one attached hydrogen (secondary N) is 1. The van der Waals surface area contributed by atoms with Crippen molar-refractivity contribution in [2.45, 2.75) is 40.2 Å². The Morgan fingerprint density at radius 1 is 1.11 bits per heavy atom. The first-order valence-corrected chi connectivity index (χ1v) is 11.1. The van der Waals surface area contributed by atoms with Crippen LogP contribution in [0.5, 0.6) is 5.75 Å². The van der Waals surface area contributed by atoms with Crippen LogP contribution in [0, 0.1) is 13.8 Å². The SMILES string of the molecule is CCOc1ccc(N(C(CC)C(=O)Nc2cc(C)ccc2C)S(C)(=O)=O)cc1. The van der Waals surface area contributed by atoms with Crippen molar-refractivity contribution in [3.8, 4) is 5.75 Å². The molecule has 0 aliphatic rings. The molecule has 0 aliphatic carbocycles. The molecule has 28 heavy (non-hydrogen) atoms. The van der Waals surface area contributed by atoms with E-state index >= 15 is 0 Å². The summed E-state index contributed by atoms with van der Waals surface area (Å²) in [5.74, 6) is 0.281. The summed E-state index contributed by atoms with van der Waals surface area (Å²) in [7, 11) is -3.68. The van der Waals surface area contributed by atoms with Crippen molar-refractivity contribution >= 4 is 27.3 Å². The molecule has 0 fully saturated rings. The lowest BCUT2D eigenvalue weighted by Gasteiger charge is -2.30. The molecule has 0 aromatic heterocycles. The standard InChI is InChI=1S/C21H28N2O4S/c1-6-20(21(24)22-19-14-15(3)8-9-16(19)4)23(28(5,25)26)17-10-12-18(13-11-17)27-7-2/h8-14,20H,6-7H2,1-5H3,(H,22,24). The van der Waals surface area contributed by atoms with Gasteiger partial charge in [0, 0.05) is 5.69 Å². The molecule has 0 spiro atoms. The first-order chi connectivity index (χ1) is 13.2. The molecule has 1 N–H and O–H groups in total. The van der Waals surface area contributed by atoms with Crippen LogP contribution >= 0.6 is 0 Å². The Morgan fingerprint density at radius 3 is 2.29 bits per heavy atom. The van der Waals surface area contributed by atoms with Gasteiger partial charge in [-0.2, -0.15) is 0 Å². The van der Waals surface area contributed by atoms with E-state index in [4.69, 9.17) is 4.74 Å². The number of sulfonamides is 1. The van der Waals surface area contributed by atoms with Gasteiger partial charge in [0.05, 0.1) is 18.6 Å². The molecule has 2 rings (SSSR count). The lowest BCUT2D eigenvalue weighted by molar-refractivity contribution is -0.117. The maximum absolute atomic E-state index is 13.0. The van der Waals surface area contributed by atoms with E-state index in [9.17, 15) is 13.2 Å². The molecule has 0 radical (unpaired) electrons. The Balaban J connectivity index is 2.37. The number of ether oxygens (including phenoxy) is 1. The fourth-order valence-corrected chi connectivity index (χ4v) is 4.21. The van der Waals surface area contributed by atoms with E-state index in [1.807, 2.05) is 39.0 Å². The van der Waals surface area contributed by atoms with E-state index in [1.54, 1.807) is 31.2 Å². The third-order valence-corrected chi connectivity index (χ3v) is 5.56. The third-order valence-electron chi connectivity index (χ3n) is 4.38. The normalized spacial score (nSPS) is 12.3. The summed E-state index contributed by atoms with van der Waals surface area (Å²) >= 11 is 0. The number of carbonyl (C=O) groups excluding carboxylic acids is 1. The Labute approximate surface area is 167 Å². The van der Waals surface area contributed by atoms with E-state index in [1.165, 1.54) is 4.31 Å². The van der Waals surface area contributed by atoms with Gasteiger partial charge in [-0.05, 0) is 68.7 Å². The first-order valence-electron chi connectivity index (χ1n) is 9.27. The molecule has 0 aliphatic heterocycles. The molecule has 1 amide bonds. The highest BCUT2D eigenvalue weighted by Crippen LogP contribution is 2.26. The number of benzene rings is 2. The van der Waals surface area contributed by atoms with Gasteiger partial charge in [-0.1, -0.05) is 19.1 Å². The topological polar surface area (TPSA) is 75.7 Å². The maximum Gasteiger partial charge on any atom is 0.248 e. The molecule has 1 atom stereocenters. The van der Waals surface area contributed by atoms with Gasteiger partial charge in [0.25, 0.3) is 0 Å². The molecule has 6 nitrogen and oxygen atoms in total. The van der Waals surface area contributed by atoms with Crippen molar-refractivity contribution in [2.75, 3.05) is 22.5 Å². The Morgan fingerprint density at radius 2 is 1.75 bits per heavy atom. The van der Waals surface area contributed by atoms with Gasteiger partial charge in [-0.3, -0.25) is 9.10 Å². The molecular formula is C21H28N2O4S. The number of amides is 1. The van der Waals surface area contributed by atoms with Crippen LogP contribution < -0.4 is 14.4 Å². The summed E-state index contributed by atoms with van der Waals surface area (Å²) in [6, 6.07) is 11.6. The summed E-state index contributed by atoms with van der Waals surface area (Å²) in [6.45, 7) is 8.03. The highest BCUT2D eigenvalue weighted by molar-refractivity contribution is 7.92. The highest BCUT2D eigenvalue weighted by Gasteiger charge is 2.31. The average molecular weight is 405 g/mol. The second kappa shape index (κ2) is 9.10. The van der Waals surface area contributed by atoms with Crippen molar-refractivity contribution in [1.82, 2.24) is 0 Å². The zero-order valence-corrected chi connectivity index (χ0v) is 17.8. The zero-order chi connectivity index (χ0) is 20.9. The van der Waals surface area contributed by atoms with E-state index in [0.717, 1.165) is 17.4 Å². The number of nitrogens with zero attached hydrogens (tertiary/aromatic N) is 1. The number of hydrogen-bond donors (Lipinski definition) is 1. The van der Waals surface area contributed by atoms with E-state index < -0.39 is 16.1 Å². The van der Waals surface area contributed by atoms with Crippen LogP contribution in [0.3, 0.4) is 0 Å². The summed E-state index contributed by atoms with van der Waals surface area (Å²) in [4.78, 5) is 13.0. The average Bonchev–Trinajstić information content (AvgIpc) is 2.62. The quantitative estimate of drug-likeness (QED) is 0.724. The number of rotatable bonds is 8. The molecule has 2 aromatic carbocycles. The van der Waals surface area contributed by atoms with Gasteiger partial charge >= 0.3 is 0 Å². The van der Waals surface area contributed by atoms with Crippen molar-refractivity contribution in [3.63, 3.8) is 0 Å². The molecule has 7 heteroatoms. The molecule has 0 bridgehead atoms. The van der Waals surface area contributed by atoms with Crippen LogP contribution in [0.2, 0.25) is 0 Å². The molecular weight excluding hydrogens is 376 g/mol. The van der Waals surface area contributed by atoms with Gasteiger partial charge in [0.15, 0.2) is 0 Å². The fraction of sp³-hybridized carbons (Fsp3) is 0.381. The molecule has 152 valence electrons. The van der Waals surface area contributed by atoms with E-state index in [-0.39, 0.29) is 5.91 Å². The highest BCUT2D eigenvalue weighted by atomic mass is 32.2. The van der Waals surface area contributed by atoms with Gasteiger partial charge in [0.1, 0.15) is 11.8 Å². The largest absolute Gasteiger partial charge is 0.494 e. The Bertz CT molecular complexity index is 924. The molecule has 0 saturated heterocycles. The minimum absolute atomic E-state index is 0.330. The van der Waals surface area contributed by atoms with Gasteiger partial charge in [0.2, 0.25) is 15.9 Å². The smallest absolute Gasteiger partial charge is 0.248 e. The zero-order valence-electron chi connectivity index (χ0n) is 17.0. The van der Waals surface area contributed by atoms with Gasteiger partial charge in [-0.25, -0.2) is 8.42 Å². The summed E-state index contributed by atoms with van der Waals surface area (Å²) in [5.41, 5.74) is 3.04. The minimum Gasteiger partial charge on any atom is -0.494 e. The van der Waals surface area contributed by atoms with Gasteiger partial charge in [-0.15, -0.1) is 0 Å². The predicted octanol–water partition coefficient (Wildman–Crippen LogP) is 3.89. The number of hydrogen-bond acceptors (Lipinski definition) is 4. The number of aryl methyl sites for hydroxylation is 2. The van der Waals surface area contributed by atoms with Crippen LogP contribution in [-0.2, 0) is 14.8 Å². The first kappa shape index (κ1) is 21.8. The number of anilines is 2. The van der Waals surface area contributed by atoms with Crippen molar-refractivity contribution in [2.24, 2.45) is 0 Å². The van der Waals surface area contributed by atoms with Crippen LogP contribution in [0.15, 0.2) is 42.5 Å². The Kier molecular flexibility index (Phi) is 7.07. The fourth-order valence-electron chi connectivity index (χ4n) is 3.00.